The van der Waals surface area contributed by atoms with Gasteiger partial charge in [-0.15, -0.1) is 0 Å². The van der Waals surface area contributed by atoms with Crippen LogP contribution in [0, 0.1) is 31.1 Å². The molecular formula is C20H28N2O3. The number of hydrogen-bond acceptors (Lipinski definition) is 3. The van der Waals surface area contributed by atoms with E-state index in [0.717, 1.165) is 43.4 Å². The molecule has 4 saturated carbocycles. The minimum Gasteiger partial charge on any atom is -0.390 e. The summed E-state index contributed by atoms with van der Waals surface area (Å²) in [6, 6.07) is 1.93. The van der Waals surface area contributed by atoms with E-state index in [4.69, 9.17) is 0 Å². The van der Waals surface area contributed by atoms with Gasteiger partial charge in [-0.25, -0.2) is 0 Å². The lowest BCUT2D eigenvalue weighted by Gasteiger charge is -2.60. The fourth-order valence-electron chi connectivity index (χ4n) is 6.30. The van der Waals surface area contributed by atoms with Crippen LogP contribution in [0.25, 0.3) is 0 Å². The highest BCUT2D eigenvalue weighted by Gasteiger charge is 2.57. The number of carbonyl (C=O) groups excluding carboxylic acids is 1. The fraction of sp³-hybridized carbons (Fsp3) is 0.700. The van der Waals surface area contributed by atoms with Gasteiger partial charge in [0.25, 0.3) is 5.56 Å². The minimum absolute atomic E-state index is 0.00456. The van der Waals surface area contributed by atoms with Gasteiger partial charge in [-0.05, 0) is 81.3 Å². The van der Waals surface area contributed by atoms with Crippen LogP contribution >= 0.6 is 0 Å². The molecule has 1 amide bonds. The zero-order valence-electron chi connectivity index (χ0n) is 15.2. The molecular weight excluding hydrogens is 316 g/mol. The van der Waals surface area contributed by atoms with Crippen LogP contribution in [0.1, 0.15) is 61.8 Å². The van der Waals surface area contributed by atoms with Crippen molar-refractivity contribution < 1.29 is 9.90 Å². The molecule has 4 bridgehead atoms. The molecule has 4 fully saturated rings. The average Bonchev–Trinajstić information content (AvgIpc) is 2.42. The Hall–Kier alpha value is -1.62. The summed E-state index contributed by atoms with van der Waals surface area (Å²) < 4.78 is 0. The van der Waals surface area contributed by atoms with Gasteiger partial charge < -0.3 is 15.4 Å². The first-order valence-electron chi connectivity index (χ1n) is 9.44. The molecule has 5 heteroatoms. The Morgan fingerprint density at radius 3 is 2.56 bits per heavy atom. The van der Waals surface area contributed by atoms with Gasteiger partial charge in [-0.1, -0.05) is 0 Å². The Morgan fingerprint density at radius 1 is 1.28 bits per heavy atom. The number of amides is 1. The van der Waals surface area contributed by atoms with Crippen molar-refractivity contribution in [3.05, 3.63) is 33.2 Å². The molecule has 3 N–H and O–H groups in total. The second kappa shape index (κ2) is 5.70. The van der Waals surface area contributed by atoms with Crippen molar-refractivity contribution in [1.82, 2.24) is 10.3 Å². The summed E-state index contributed by atoms with van der Waals surface area (Å²) >= 11 is 0. The van der Waals surface area contributed by atoms with Gasteiger partial charge in [0, 0.05) is 24.2 Å². The molecule has 4 aliphatic carbocycles. The van der Waals surface area contributed by atoms with Gasteiger partial charge in [0.1, 0.15) is 0 Å². The molecule has 136 valence electrons. The topological polar surface area (TPSA) is 82.2 Å². The van der Waals surface area contributed by atoms with Crippen molar-refractivity contribution in [3.63, 3.8) is 0 Å². The number of aromatic nitrogens is 1. The second-order valence-corrected chi connectivity index (χ2v) is 9.08. The van der Waals surface area contributed by atoms with Gasteiger partial charge in [-0.3, -0.25) is 9.59 Å². The first kappa shape index (κ1) is 16.8. The van der Waals surface area contributed by atoms with Crippen molar-refractivity contribution in [1.29, 1.82) is 0 Å². The van der Waals surface area contributed by atoms with Crippen molar-refractivity contribution in [2.45, 2.75) is 70.9 Å². The summed E-state index contributed by atoms with van der Waals surface area (Å²) in [5, 5.41) is 13.8. The lowest BCUT2D eigenvalue weighted by atomic mass is 9.47. The van der Waals surface area contributed by atoms with E-state index < -0.39 is 5.60 Å². The first-order valence-corrected chi connectivity index (χ1v) is 9.44. The maximum absolute atomic E-state index is 12.6. The summed E-state index contributed by atoms with van der Waals surface area (Å²) in [4.78, 5) is 27.5. The highest BCUT2D eigenvalue weighted by atomic mass is 16.3. The number of H-pyrrole nitrogens is 1. The molecule has 25 heavy (non-hydrogen) atoms. The number of rotatable bonds is 4. The van der Waals surface area contributed by atoms with Crippen molar-refractivity contribution >= 4 is 5.91 Å². The van der Waals surface area contributed by atoms with Crippen LogP contribution in [-0.2, 0) is 11.3 Å². The second-order valence-electron chi connectivity index (χ2n) is 9.08. The first-order chi connectivity index (χ1) is 11.8. The van der Waals surface area contributed by atoms with E-state index in [0.29, 0.717) is 23.8 Å². The van der Waals surface area contributed by atoms with Crippen LogP contribution in [0.15, 0.2) is 10.9 Å². The lowest BCUT2D eigenvalue weighted by molar-refractivity contribution is -0.169. The monoisotopic (exact) mass is 344 g/mol. The van der Waals surface area contributed by atoms with Gasteiger partial charge in [0.05, 0.1) is 5.60 Å². The molecule has 1 aromatic rings. The number of pyridine rings is 1. The highest BCUT2D eigenvalue weighted by molar-refractivity contribution is 5.76. The molecule has 0 radical (unpaired) electrons. The molecule has 5 nitrogen and oxygen atoms in total. The van der Waals surface area contributed by atoms with Crippen molar-refractivity contribution in [2.24, 2.45) is 17.3 Å². The highest BCUT2D eigenvalue weighted by Crippen LogP contribution is 2.62. The molecule has 5 rings (SSSR count). The molecule has 0 saturated heterocycles. The normalized spacial score (nSPS) is 35.8. The molecule has 0 aliphatic heterocycles. The van der Waals surface area contributed by atoms with Crippen LogP contribution in [-0.4, -0.2) is 21.6 Å². The third-order valence-corrected chi connectivity index (χ3v) is 6.64. The lowest BCUT2D eigenvalue weighted by Crippen LogP contribution is -2.56. The molecule has 1 heterocycles. The van der Waals surface area contributed by atoms with Gasteiger partial charge in [0.15, 0.2) is 0 Å². The Bertz CT molecular complexity index is 753. The maximum Gasteiger partial charge on any atom is 0.253 e. The standard InChI is InChI=1S/C20H28N2O3/c1-12-3-13(2)22-18(24)16(12)10-21-17(23)9-19-5-14-4-15(6-19)8-20(25,7-14)11-19/h3,14-15,25H,4-11H2,1-2H3,(H,21,23)(H,22,24)/t14-,15+,19?,20?. The van der Waals surface area contributed by atoms with Crippen LogP contribution in [0.2, 0.25) is 0 Å². The van der Waals surface area contributed by atoms with Crippen LogP contribution < -0.4 is 10.9 Å². The fourth-order valence-corrected chi connectivity index (χ4v) is 6.30. The number of aliphatic hydroxyl groups is 1. The van der Waals surface area contributed by atoms with E-state index >= 15 is 0 Å². The van der Waals surface area contributed by atoms with Gasteiger partial charge in [0.2, 0.25) is 5.91 Å². The molecule has 1 aromatic heterocycles. The Morgan fingerprint density at radius 2 is 1.96 bits per heavy atom. The molecule has 0 aromatic carbocycles. The largest absolute Gasteiger partial charge is 0.390 e. The molecule has 4 atom stereocenters. The Labute approximate surface area is 148 Å². The maximum atomic E-state index is 12.6. The summed E-state index contributed by atoms with van der Waals surface area (Å²) in [5.74, 6) is 1.17. The number of carbonyl (C=O) groups is 1. The quantitative estimate of drug-likeness (QED) is 0.784. The van der Waals surface area contributed by atoms with Gasteiger partial charge in [-0.2, -0.15) is 0 Å². The average molecular weight is 344 g/mol. The summed E-state index contributed by atoms with van der Waals surface area (Å²) in [7, 11) is 0. The summed E-state index contributed by atoms with van der Waals surface area (Å²) in [6.07, 6.45) is 6.46. The number of hydrogen-bond donors (Lipinski definition) is 3. The third kappa shape index (κ3) is 3.14. The Kier molecular flexibility index (Phi) is 3.83. The zero-order valence-corrected chi connectivity index (χ0v) is 15.2. The van der Waals surface area contributed by atoms with Crippen LogP contribution in [0.4, 0.5) is 0 Å². The zero-order chi connectivity index (χ0) is 17.8. The van der Waals surface area contributed by atoms with E-state index in [9.17, 15) is 14.7 Å². The predicted octanol–water partition coefficient (Wildman–Crippen LogP) is 2.33. The van der Waals surface area contributed by atoms with E-state index in [1.54, 1.807) is 0 Å². The smallest absolute Gasteiger partial charge is 0.253 e. The van der Waals surface area contributed by atoms with Crippen molar-refractivity contribution in [3.8, 4) is 0 Å². The molecule has 0 spiro atoms. The summed E-state index contributed by atoms with van der Waals surface area (Å²) in [5.41, 5.74) is 1.68. The van der Waals surface area contributed by atoms with Crippen molar-refractivity contribution in [2.75, 3.05) is 0 Å². The Balaban J connectivity index is 1.42. The number of aromatic amines is 1. The van der Waals surface area contributed by atoms with E-state index in [1.807, 2.05) is 19.9 Å². The number of nitrogens with one attached hydrogen (secondary N) is 2. The molecule has 4 aliphatic rings. The van der Waals surface area contributed by atoms with Crippen LogP contribution in [0.3, 0.4) is 0 Å². The third-order valence-electron chi connectivity index (χ3n) is 6.64. The van der Waals surface area contributed by atoms with E-state index in [-0.39, 0.29) is 23.4 Å². The molecule has 2 unspecified atom stereocenters. The predicted molar refractivity (Wildman–Crippen MR) is 95.1 cm³/mol. The van der Waals surface area contributed by atoms with E-state index in [1.165, 1.54) is 6.42 Å². The van der Waals surface area contributed by atoms with Gasteiger partial charge >= 0.3 is 0 Å². The summed E-state index contributed by atoms with van der Waals surface area (Å²) in [6.45, 7) is 4.03. The minimum atomic E-state index is -0.533. The van der Waals surface area contributed by atoms with Crippen LogP contribution in [0.5, 0.6) is 0 Å². The van der Waals surface area contributed by atoms with E-state index in [2.05, 4.69) is 10.3 Å². The SMILES string of the molecule is Cc1cc(C)c(CNC(=O)CC23C[C@@H]4C[C@@H](CC(O)(C4)C2)C3)c(=O)[nH]1. The number of aryl methyl sites for hydroxylation is 2.